The quantitative estimate of drug-likeness (QED) is 0.566. The molecule has 1 aromatic carbocycles. The molecule has 1 nitrogen and oxygen atoms in total. The van der Waals surface area contributed by atoms with Gasteiger partial charge >= 0.3 is 0 Å². The minimum absolute atomic E-state index is 0.0706. The molecule has 4 heteroatoms. The first-order valence-corrected chi connectivity index (χ1v) is 3.64. The number of hydrogen-bond donors (Lipinski definition) is 1. The fraction of sp³-hybridized carbons (Fsp3) is 0.111. The summed E-state index contributed by atoms with van der Waals surface area (Å²) in [6.07, 6.45) is 1.49. The summed E-state index contributed by atoms with van der Waals surface area (Å²) in [6.45, 7) is 3.69. The number of halogens is 3. The van der Waals surface area contributed by atoms with Gasteiger partial charge in [-0.05, 0) is 0 Å². The molecule has 0 aliphatic heterocycles. The van der Waals surface area contributed by atoms with Gasteiger partial charge in [-0.1, -0.05) is 6.08 Å². The zero-order valence-corrected chi connectivity index (χ0v) is 6.78. The van der Waals surface area contributed by atoms with E-state index in [-0.39, 0.29) is 5.69 Å². The van der Waals surface area contributed by atoms with Crippen molar-refractivity contribution in [2.75, 3.05) is 11.9 Å². The number of benzene rings is 1. The van der Waals surface area contributed by atoms with Crippen molar-refractivity contribution in [1.82, 2.24) is 0 Å². The van der Waals surface area contributed by atoms with Gasteiger partial charge in [0, 0.05) is 18.7 Å². The lowest BCUT2D eigenvalue weighted by atomic mass is 10.3. The van der Waals surface area contributed by atoms with Crippen LogP contribution in [0.15, 0.2) is 24.8 Å². The van der Waals surface area contributed by atoms with E-state index in [1.165, 1.54) is 6.08 Å². The Kier molecular flexibility index (Phi) is 2.95. The Bertz CT molecular complexity index is 323. The summed E-state index contributed by atoms with van der Waals surface area (Å²) in [4.78, 5) is 0. The molecular weight excluding hydrogens is 179 g/mol. The molecule has 0 aliphatic carbocycles. The molecule has 1 aromatic rings. The van der Waals surface area contributed by atoms with Crippen molar-refractivity contribution >= 4 is 5.69 Å². The summed E-state index contributed by atoms with van der Waals surface area (Å²) in [5.41, 5.74) is -0.0706. The van der Waals surface area contributed by atoms with Crippen LogP contribution in [0.1, 0.15) is 0 Å². The van der Waals surface area contributed by atoms with Crippen molar-refractivity contribution in [3.63, 3.8) is 0 Å². The Hall–Kier alpha value is -1.45. The second kappa shape index (κ2) is 3.98. The fourth-order valence-electron chi connectivity index (χ4n) is 0.840. The maximum absolute atomic E-state index is 12.9. The summed E-state index contributed by atoms with van der Waals surface area (Å²) in [5, 5.41) is 2.53. The molecule has 0 spiro atoms. The van der Waals surface area contributed by atoms with Crippen LogP contribution >= 0.6 is 0 Å². The molecule has 0 aromatic heterocycles. The Morgan fingerprint density at radius 1 is 1.15 bits per heavy atom. The van der Waals surface area contributed by atoms with E-state index in [0.717, 1.165) is 6.07 Å². The highest BCUT2D eigenvalue weighted by atomic mass is 19.2. The summed E-state index contributed by atoms with van der Waals surface area (Å²) in [6, 6.07) is 1.27. The average Bonchev–Trinajstić information content (AvgIpc) is 2.09. The van der Waals surface area contributed by atoms with Crippen molar-refractivity contribution in [3.05, 3.63) is 42.2 Å². The summed E-state index contributed by atoms with van der Waals surface area (Å²) in [7, 11) is 0. The van der Waals surface area contributed by atoms with Gasteiger partial charge in [0.15, 0.2) is 11.6 Å². The first-order valence-electron chi connectivity index (χ1n) is 3.64. The lowest BCUT2D eigenvalue weighted by molar-refractivity contribution is 0.496. The molecule has 0 saturated carbocycles. The number of nitrogens with one attached hydrogen (secondary N) is 1. The molecule has 0 aliphatic rings. The number of rotatable bonds is 3. The molecule has 0 saturated heterocycles. The molecule has 13 heavy (non-hydrogen) atoms. The first kappa shape index (κ1) is 9.64. The van der Waals surface area contributed by atoms with E-state index >= 15 is 0 Å². The van der Waals surface area contributed by atoms with Crippen LogP contribution in [0.25, 0.3) is 0 Å². The molecule has 0 radical (unpaired) electrons. The standard InChI is InChI=1S/C9H8F3N/c1-2-3-13-9-5-7(11)6(10)4-8(9)12/h2,4-5,13H,1,3H2. The maximum Gasteiger partial charge on any atom is 0.161 e. The third-order valence-electron chi connectivity index (χ3n) is 1.45. The third-order valence-corrected chi connectivity index (χ3v) is 1.45. The Labute approximate surface area is 73.9 Å². The van der Waals surface area contributed by atoms with Crippen LogP contribution in [0.4, 0.5) is 18.9 Å². The van der Waals surface area contributed by atoms with Crippen molar-refractivity contribution in [1.29, 1.82) is 0 Å². The van der Waals surface area contributed by atoms with Gasteiger partial charge in [-0.15, -0.1) is 6.58 Å². The van der Waals surface area contributed by atoms with Gasteiger partial charge in [0.2, 0.25) is 0 Å². The number of anilines is 1. The average molecular weight is 187 g/mol. The highest BCUT2D eigenvalue weighted by molar-refractivity contribution is 5.45. The van der Waals surface area contributed by atoms with E-state index < -0.39 is 17.5 Å². The van der Waals surface area contributed by atoms with E-state index in [9.17, 15) is 13.2 Å². The van der Waals surface area contributed by atoms with Gasteiger partial charge < -0.3 is 5.32 Å². The normalized spacial score (nSPS) is 9.77. The minimum Gasteiger partial charge on any atom is -0.379 e. The zero-order valence-electron chi connectivity index (χ0n) is 6.78. The zero-order chi connectivity index (χ0) is 9.84. The highest BCUT2D eigenvalue weighted by Gasteiger charge is 2.08. The van der Waals surface area contributed by atoms with E-state index in [1.54, 1.807) is 0 Å². The molecule has 0 atom stereocenters. The van der Waals surface area contributed by atoms with E-state index in [1.807, 2.05) is 0 Å². The molecule has 0 unspecified atom stereocenters. The van der Waals surface area contributed by atoms with Gasteiger partial charge in [0.25, 0.3) is 0 Å². The van der Waals surface area contributed by atoms with Crippen LogP contribution < -0.4 is 5.32 Å². The van der Waals surface area contributed by atoms with Crippen LogP contribution in [0.2, 0.25) is 0 Å². The van der Waals surface area contributed by atoms with Crippen molar-refractivity contribution in [2.24, 2.45) is 0 Å². The van der Waals surface area contributed by atoms with Crippen LogP contribution in [-0.4, -0.2) is 6.54 Å². The summed E-state index contributed by atoms with van der Waals surface area (Å²) in [5.74, 6) is -3.09. The van der Waals surface area contributed by atoms with Gasteiger partial charge in [-0.25, -0.2) is 13.2 Å². The molecule has 0 fully saturated rings. The van der Waals surface area contributed by atoms with Crippen LogP contribution in [0.3, 0.4) is 0 Å². The largest absolute Gasteiger partial charge is 0.379 e. The van der Waals surface area contributed by atoms with Gasteiger partial charge in [-0.3, -0.25) is 0 Å². The fourth-order valence-corrected chi connectivity index (χ4v) is 0.840. The lowest BCUT2D eigenvalue weighted by Gasteiger charge is -2.04. The summed E-state index contributed by atoms with van der Waals surface area (Å²) >= 11 is 0. The third kappa shape index (κ3) is 2.24. The molecule has 0 amide bonds. The molecule has 0 heterocycles. The van der Waals surface area contributed by atoms with Crippen LogP contribution in [0, 0.1) is 17.5 Å². The smallest absolute Gasteiger partial charge is 0.161 e. The van der Waals surface area contributed by atoms with Crippen molar-refractivity contribution in [3.8, 4) is 0 Å². The predicted molar refractivity (Wildman–Crippen MR) is 45.0 cm³/mol. The van der Waals surface area contributed by atoms with E-state index in [2.05, 4.69) is 11.9 Å². The predicted octanol–water partition coefficient (Wildman–Crippen LogP) is 2.70. The van der Waals surface area contributed by atoms with Crippen molar-refractivity contribution < 1.29 is 13.2 Å². The molecule has 0 bridgehead atoms. The minimum atomic E-state index is -1.19. The highest BCUT2D eigenvalue weighted by Crippen LogP contribution is 2.17. The lowest BCUT2D eigenvalue weighted by Crippen LogP contribution is -2.01. The van der Waals surface area contributed by atoms with Crippen LogP contribution in [-0.2, 0) is 0 Å². The topological polar surface area (TPSA) is 12.0 Å². The van der Waals surface area contributed by atoms with Gasteiger partial charge in [0.1, 0.15) is 5.82 Å². The Morgan fingerprint density at radius 2 is 1.77 bits per heavy atom. The monoisotopic (exact) mass is 187 g/mol. The molecule has 1 rings (SSSR count). The van der Waals surface area contributed by atoms with Gasteiger partial charge in [0.05, 0.1) is 5.69 Å². The Balaban J connectivity index is 2.94. The van der Waals surface area contributed by atoms with Crippen molar-refractivity contribution in [2.45, 2.75) is 0 Å². The molecule has 70 valence electrons. The second-order valence-electron chi connectivity index (χ2n) is 2.42. The van der Waals surface area contributed by atoms with E-state index in [0.29, 0.717) is 12.6 Å². The van der Waals surface area contributed by atoms with Crippen LogP contribution in [0.5, 0.6) is 0 Å². The molecule has 1 N–H and O–H groups in total. The van der Waals surface area contributed by atoms with Gasteiger partial charge in [-0.2, -0.15) is 0 Å². The Morgan fingerprint density at radius 3 is 2.38 bits per heavy atom. The summed E-state index contributed by atoms with van der Waals surface area (Å²) < 4.78 is 37.8. The SMILES string of the molecule is C=CCNc1cc(F)c(F)cc1F. The molecular formula is C9H8F3N. The number of hydrogen-bond acceptors (Lipinski definition) is 1. The second-order valence-corrected chi connectivity index (χ2v) is 2.42. The van der Waals surface area contributed by atoms with E-state index in [4.69, 9.17) is 0 Å². The first-order chi connectivity index (χ1) is 6.15. The maximum atomic E-state index is 12.9.